The van der Waals surface area contributed by atoms with Gasteiger partial charge in [0.1, 0.15) is 0 Å². The van der Waals surface area contributed by atoms with Crippen LogP contribution in [0.1, 0.15) is 12.0 Å². The number of carbonyl (C=O) groups excluding carboxylic acids is 1. The van der Waals surface area contributed by atoms with E-state index in [1.165, 1.54) is 0 Å². The molecule has 0 bridgehead atoms. The number of halogens is 2. The van der Waals surface area contributed by atoms with Gasteiger partial charge in [-0.3, -0.25) is 4.79 Å². The van der Waals surface area contributed by atoms with Crippen LogP contribution < -0.4 is 16.0 Å². The summed E-state index contributed by atoms with van der Waals surface area (Å²) >= 11 is 3.21. The summed E-state index contributed by atoms with van der Waals surface area (Å²) in [6.45, 7) is 1.76. The number of hydrogen-bond donors (Lipinski definition) is 2. The minimum atomic E-state index is -0.354. The first-order valence-corrected chi connectivity index (χ1v) is 6.61. The molecule has 0 saturated carbocycles. The molecule has 1 heterocycles. The first kappa shape index (κ1) is 13.3. The number of hydrogen-bond acceptors (Lipinski definition) is 3. The summed E-state index contributed by atoms with van der Waals surface area (Å²) in [7, 11) is 0. The van der Waals surface area contributed by atoms with Gasteiger partial charge >= 0.3 is 0 Å². The topological polar surface area (TPSA) is 58.4 Å². The number of nitrogens with two attached hydrogens (primary N) is 1. The second kappa shape index (κ2) is 5.67. The second-order valence-electron chi connectivity index (χ2n) is 4.20. The Balaban J connectivity index is 2.32. The summed E-state index contributed by atoms with van der Waals surface area (Å²) in [6.07, 6.45) is 0.807. The Bertz CT molecular complexity index is 467. The first-order chi connectivity index (χ1) is 8.63. The van der Waals surface area contributed by atoms with Crippen molar-refractivity contribution in [2.45, 2.75) is 13.0 Å². The largest absolute Gasteiger partial charge is 0.360 e. The van der Waals surface area contributed by atoms with Crippen molar-refractivity contribution in [3.63, 3.8) is 0 Å². The Kier molecular flexibility index (Phi) is 4.19. The number of carbonyl (C=O) groups is 1. The number of nitrogens with zero attached hydrogens (tertiary/aromatic N) is 1. The van der Waals surface area contributed by atoms with Gasteiger partial charge in [0.05, 0.1) is 16.7 Å². The van der Waals surface area contributed by atoms with Crippen molar-refractivity contribution in [3.8, 4) is 0 Å². The van der Waals surface area contributed by atoms with Gasteiger partial charge in [0.15, 0.2) is 5.82 Å². The van der Waals surface area contributed by atoms with Gasteiger partial charge in [-0.2, -0.15) is 0 Å². The molecule has 1 aromatic rings. The third-order valence-electron chi connectivity index (χ3n) is 2.96. The molecule has 0 unspecified atom stereocenters. The zero-order valence-electron chi connectivity index (χ0n) is 9.88. The van der Waals surface area contributed by atoms with Crippen LogP contribution in [0.25, 0.3) is 0 Å². The molecule has 1 saturated heterocycles. The molecule has 98 valence electrons. The number of amides is 1. The minimum absolute atomic E-state index is 0.0778. The van der Waals surface area contributed by atoms with Crippen molar-refractivity contribution in [2.24, 2.45) is 5.73 Å². The molecule has 4 nitrogen and oxygen atoms in total. The van der Waals surface area contributed by atoms with Crippen molar-refractivity contribution in [1.29, 1.82) is 0 Å². The molecule has 1 fully saturated rings. The molecule has 0 atom stereocenters. The van der Waals surface area contributed by atoms with Gasteiger partial charge in [0.25, 0.3) is 0 Å². The van der Waals surface area contributed by atoms with E-state index in [1.807, 2.05) is 0 Å². The fourth-order valence-electron chi connectivity index (χ4n) is 1.99. The number of anilines is 1. The van der Waals surface area contributed by atoms with Gasteiger partial charge < -0.3 is 16.0 Å². The van der Waals surface area contributed by atoms with Crippen LogP contribution in [-0.2, 0) is 11.3 Å². The van der Waals surface area contributed by atoms with Crippen LogP contribution in [0.2, 0.25) is 0 Å². The highest BCUT2D eigenvalue weighted by molar-refractivity contribution is 9.10. The van der Waals surface area contributed by atoms with Crippen molar-refractivity contribution >= 4 is 27.5 Å². The predicted molar refractivity (Wildman–Crippen MR) is 71.8 cm³/mol. The monoisotopic (exact) mass is 315 g/mol. The molecule has 3 N–H and O–H groups in total. The number of nitrogens with one attached hydrogen (secondary N) is 1. The molecule has 1 amide bonds. The van der Waals surface area contributed by atoms with Gasteiger partial charge in [0.2, 0.25) is 5.91 Å². The highest BCUT2D eigenvalue weighted by Gasteiger charge is 2.20. The van der Waals surface area contributed by atoms with Crippen LogP contribution in [0.5, 0.6) is 0 Å². The lowest BCUT2D eigenvalue weighted by Crippen LogP contribution is -2.33. The molecule has 6 heteroatoms. The van der Waals surface area contributed by atoms with Gasteiger partial charge in [-0.1, -0.05) is 6.07 Å². The highest BCUT2D eigenvalue weighted by atomic mass is 79.9. The van der Waals surface area contributed by atoms with Crippen molar-refractivity contribution < 1.29 is 9.18 Å². The summed E-state index contributed by atoms with van der Waals surface area (Å²) in [5, 5.41) is 2.77. The minimum Gasteiger partial charge on any atom is -0.360 e. The Morgan fingerprint density at radius 1 is 1.50 bits per heavy atom. The first-order valence-electron chi connectivity index (χ1n) is 5.82. The van der Waals surface area contributed by atoms with E-state index in [-0.39, 0.29) is 24.8 Å². The van der Waals surface area contributed by atoms with Gasteiger partial charge in [0, 0.05) is 19.6 Å². The van der Waals surface area contributed by atoms with E-state index in [2.05, 4.69) is 21.2 Å². The molecule has 1 aromatic carbocycles. The molecular weight excluding hydrogens is 301 g/mol. The highest BCUT2D eigenvalue weighted by Crippen LogP contribution is 2.29. The van der Waals surface area contributed by atoms with E-state index in [0.29, 0.717) is 23.2 Å². The number of rotatable bonds is 2. The van der Waals surface area contributed by atoms with Crippen molar-refractivity contribution in [1.82, 2.24) is 5.32 Å². The average molecular weight is 316 g/mol. The van der Waals surface area contributed by atoms with Crippen LogP contribution in [-0.4, -0.2) is 25.5 Å². The lowest BCUT2D eigenvalue weighted by atomic mass is 10.1. The number of benzene rings is 1. The maximum absolute atomic E-state index is 14.2. The summed E-state index contributed by atoms with van der Waals surface area (Å²) in [5.74, 6) is -0.432. The Morgan fingerprint density at radius 3 is 3.00 bits per heavy atom. The van der Waals surface area contributed by atoms with E-state index in [0.717, 1.165) is 12.0 Å². The Hall–Kier alpha value is -1.14. The van der Waals surface area contributed by atoms with Crippen LogP contribution in [0.4, 0.5) is 10.1 Å². The quantitative estimate of drug-likeness (QED) is 0.866. The molecule has 1 aliphatic heterocycles. The molecule has 18 heavy (non-hydrogen) atoms. The summed E-state index contributed by atoms with van der Waals surface area (Å²) in [5.41, 5.74) is 6.68. The molecule has 0 spiro atoms. The fourth-order valence-corrected chi connectivity index (χ4v) is 2.49. The van der Waals surface area contributed by atoms with Crippen LogP contribution in [0, 0.1) is 5.82 Å². The van der Waals surface area contributed by atoms with E-state index in [4.69, 9.17) is 5.73 Å². The van der Waals surface area contributed by atoms with Crippen LogP contribution in [0.15, 0.2) is 16.6 Å². The third kappa shape index (κ3) is 2.64. The van der Waals surface area contributed by atoms with Gasteiger partial charge in [-0.05, 0) is 34.0 Å². The van der Waals surface area contributed by atoms with E-state index in [1.54, 1.807) is 17.0 Å². The van der Waals surface area contributed by atoms with Gasteiger partial charge in [-0.15, -0.1) is 0 Å². The smallest absolute Gasteiger partial charge is 0.239 e. The zero-order chi connectivity index (χ0) is 13.1. The summed E-state index contributed by atoms with van der Waals surface area (Å²) in [4.78, 5) is 13.2. The summed E-state index contributed by atoms with van der Waals surface area (Å²) < 4.78 is 14.6. The standard InChI is InChI=1S/C12H15BrFN3O/c13-11-8(6-15)2-3-9(12(11)14)17-5-1-4-16-10(18)7-17/h2-3H,1,4-7,15H2,(H,16,18). The van der Waals surface area contributed by atoms with Crippen LogP contribution >= 0.6 is 15.9 Å². The molecule has 2 rings (SSSR count). The SMILES string of the molecule is NCc1ccc(N2CCCNC(=O)C2)c(F)c1Br. The molecule has 1 aliphatic rings. The van der Waals surface area contributed by atoms with E-state index < -0.39 is 0 Å². The van der Waals surface area contributed by atoms with Crippen LogP contribution in [0.3, 0.4) is 0 Å². The fraction of sp³-hybridized carbons (Fsp3) is 0.417. The van der Waals surface area contributed by atoms with Gasteiger partial charge in [-0.25, -0.2) is 4.39 Å². The molecular formula is C12H15BrFN3O. The average Bonchev–Trinajstić information content (AvgIpc) is 2.57. The maximum Gasteiger partial charge on any atom is 0.239 e. The van der Waals surface area contributed by atoms with E-state index in [9.17, 15) is 9.18 Å². The Labute approximate surface area is 113 Å². The molecule has 0 aliphatic carbocycles. The normalized spacial score (nSPS) is 16.4. The van der Waals surface area contributed by atoms with Crippen molar-refractivity contribution in [2.75, 3.05) is 24.5 Å². The Morgan fingerprint density at radius 2 is 2.28 bits per heavy atom. The maximum atomic E-state index is 14.2. The lowest BCUT2D eigenvalue weighted by Gasteiger charge is -2.23. The second-order valence-corrected chi connectivity index (χ2v) is 4.99. The zero-order valence-corrected chi connectivity index (χ0v) is 11.5. The van der Waals surface area contributed by atoms with Crippen molar-refractivity contribution in [3.05, 3.63) is 28.0 Å². The molecule has 0 radical (unpaired) electrons. The summed E-state index contributed by atoms with van der Waals surface area (Å²) in [6, 6.07) is 3.46. The van der Waals surface area contributed by atoms with E-state index >= 15 is 0 Å². The predicted octanol–water partition coefficient (Wildman–Crippen LogP) is 1.37. The lowest BCUT2D eigenvalue weighted by molar-refractivity contribution is -0.119. The molecule has 0 aromatic heterocycles. The third-order valence-corrected chi connectivity index (χ3v) is 3.82.